The van der Waals surface area contributed by atoms with E-state index in [-0.39, 0.29) is 17.5 Å². The molecule has 2 heterocycles. The van der Waals surface area contributed by atoms with E-state index in [0.29, 0.717) is 4.57 Å². The highest BCUT2D eigenvalue weighted by atomic mass is 16.2. The SMILES string of the molecule is [2H]c1nc2c(c(=O)n(C([2H])([2H])C)c(=O)n2C)n1C. The number of rotatable bonds is 1. The predicted molar refractivity (Wildman–Crippen MR) is 55.9 cm³/mol. The summed E-state index contributed by atoms with van der Waals surface area (Å²) >= 11 is 0. The molecule has 0 atom stereocenters. The van der Waals surface area contributed by atoms with Crippen LogP contribution < -0.4 is 11.2 Å². The van der Waals surface area contributed by atoms with E-state index in [1.165, 1.54) is 18.7 Å². The molecular weight excluding hydrogens is 196 g/mol. The molecule has 0 aliphatic rings. The van der Waals surface area contributed by atoms with Gasteiger partial charge in [-0.15, -0.1) is 0 Å². The normalized spacial score (nSPS) is 15.0. The van der Waals surface area contributed by atoms with Gasteiger partial charge in [-0.1, -0.05) is 0 Å². The molecule has 0 saturated heterocycles. The van der Waals surface area contributed by atoms with Crippen molar-refractivity contribution in [3.05, 3.63) is 27.1 Å². The first-order chi connectivity index (χ1) is 8.16. The van der Waals surface area contributed by atoms with Crippen molar-refractivity contribution < 1.29 is 4.11 Å². The Balaban J connectivity index is 3.14. The fraction of sp³-hybridized carbons (Fsp3) is 0.444. The van der Waals surface area contributed by atoms with Crippen LogP contribution in [0.5, 0.6) is 0 Å². The Kier molecular flexibility index (Phi) is 1.35. The van der Waals surface area contributed by atoms with Gasteiger partial charge in [0.15, 0.2) is 11.2 Å². The van der Waals surface area contributed by atoms with Gasteiger partial charge in [-0.05, 0) is 6.92 Å². The van der Waals surface area contributed by atoms with Gasteiger partial charge < -0.3 is 4.57 Å². The molecule has 0 aromatic carbocycles. The number of aryl methyl sites for hydroxylation is 2. The van der Waals surface area contributed by atoms with Crippen molar-refractivity contribution in [3.8, 4) is 0 Å². The van der Waals surface area contributed by atoms with Crippen molar-refractivity contribution in [2.75, 3.05) is 0 Å². The first-order valence-electron chi connectivity index (χ1n) is 5.82. The zero-order chi connectivity index (χ0) is 13.8. The molecule has 0 unspecified atom stereocenters. The molecule has 0 N–H and O–H groups in total. The smallest absolute Gasteiger partial charge is 0.328 e. The van der Waals surface area contributed by atoms with Crippen LogP contribution in [-0.4, -0.2) is 18.7 Å². The second-order valence-electron chi connectivity index (χ2n) is 3.15. The van der Waals surface area contributed by atoms with Gasteiger partial charge in [0, 0.05) is 23.3 Å². The molecule has 6 nitrogen and oxygen atoms in total. The Hall–Kier alpha value is -1.85. The maximum atomic E-state index is 12.1. The van der Waals surface area contributed by atoms with Crippen LogP contribution in [-0.2, 0) is 20.6 Å². The van der Waals surface area contributed by atoms with E-state index in [9.17, 15) is 9.59 Å². The van der Waals surface area contributed by atoms with E-state index < -0.39 is 17.7 Å². The summed E-state index contributed by atoms with van der Waals surface area (Å²) in [5.41, 5.74) is -1.46. The second-order valence-corrected chi connectivity index (χ2v) is 3.15. The summed E-state index contributed by atoms with van der Waals surface area (Å²) in [6.45, 7) is -0.994. The van der Waals surface area contributed by atoms with Gasteiger partial charge in [0.1, 0.15) is 1.37 Å². The summed E-state index contributed by atoms with van der Waals surface area (Å²) in [5, 5.41) is 0. The summed E-state index contributed by atoms with van der Waals surface area (Å²) in [6, 6.07) is 0. The molecule has 0 spiro atoms. The maximum Gasteiger partial charge on any atom is 0.332 e. The highest BCUT2D eigenvalue weighted by Gasteiger charge is 2.12. The van der Waals surface area contributed by atoms with Gasteiger partial charge in [-0.3, -0.25) is 13.9 Å². The minimum Gasteiger partial charge on any atom is -0.328 e. The van der Waals surface area contributed by atoms with Gasteiger partial charge in [-0.2, -0.15) is 0 Å². The monoisotopic (exact) mass is 211 g/mol. The minimum absolute atomic E-state index is 0.0350. The predicted octanol–water partition coefficient (Wildman–Crippen LogP) is -0.546. The van der Waals surface area contributed by atoms with Crippen molar-refractivity contribution in [2.24, 2.45) is 14.1 Å². The molecule has 6 heteroatoms. The molecular formula is C9H12N4O2. The van der Waals surface area contributed by atoms with Crippen LogP contribution in [0.15, 0.2) is 15.9 Å². The molecule has 80 valence electrons. The average molecular weight is 211 g/mol. The number of fused-ring (bicyclic) bond motifs is 1. The topological polar surface area (TPSA) is 61.8 Å². The Morgan fingerprint density at radius 2 is 2.20 bits per heavy atom. The Morgan fingerprint density at radius 1 is 1.53 bits per heavy atom. The third kappa shape index (κ3) is 1.14. The molecule has 0 aliphatic carbocycles. The summed E-state index contributed by atoms with van der Waals surface area (Å²) in [7, 11) is 2.86. The highest BCUT2D eigenvalue weighted by molar-refractivity contribution is 5.69. The standard InChI is InChI=1S/C9H12N4O2/c1-4-13-8(14)6-7(10-5-11(6)2)12(3)9(13)15/h5H,4H2,1-3H3/i4D2,5D. The fourth-order valence-corrected chi connectivity index (χ4v) is 1.48. The molecule has 0 bridgehead atoms. The van der Waals surface area contributed by atoms with Gasteiger partial charge in [0.05, 0.1) is 6.30 Å². The first kappa shape index (κ1) is 6.60. The van der Waals surface area contributed by atoms with Crippen LogP contribution in [0, 0.1) is 0 Å². The molecule has 15 heavy (non-hydrogen) atoms. The number of nitrogens with zero attached hydrogens (tertiary/aromatic N) is 4. The number of hydrogen-bond acceptors (Lipinski definition) is 3. The number of hydrogen-bond donors (Lipinski definition) is 0. The lowest BCUT2D eigenvalue weighted by molar-refractivity contribution is 0.635. The van der Waals surface area contributed by atoms with Crippen LogP contribution in [0.2, 0.25) is 0 Å². The average Bonchev–Trinajstić information content (AvgIpc) is 2.51. The Morgan fingerprint density at radius 3 is 2.80 bits per heavy atom. The van der Waals surface area contributed by atoms with E-state index in [1.807, 2.05) is 0 Å². The lowest BCUT2D eigenvalue weighted by atomic mass is 10.5. The van der Waals surface area contributed by atoms with Gasteiger partial charge in [-0.25, -0.2) is 9.78 Å². The van der Waals surface area contributed by atoms with Gasteiger partial charge >= 0.3 is 5.69 Å². The van der Waals surface area contributed by atoms with Crippen molar-refractivity contribution in [3.63, 3.8) is 0 Å². The summed E-state index contributed by atoms with van der Waals surface area (Å²) in [6.07, 6.45) is -0.161. The van der Waals surface area contributed by atoms with Crippen LogP contribution in [0.3, 0.4) is 0 Å². The molecule has 0 radical (unpaired) electrons. The first-order valence-corrected chi connectivity index (χ1v) is 4.32. The van der Waals surface area contributed by atoms with Crippen LogP contribution in [0.4, 0.5) is 0 Å². The van der Waals surface area contributed by atoms with Crippen LogP contribution in [0.1, 0.15) is 11.0 Å². The van der Waals surface area contributed by atoms with Crippen LogP contribution in [0.25, 0.3) is 11.2 Å². The lowest BCUT2D eigenvalue weighted by Gasteiger charge is -2.05. The maximum absolute atomic E-state index is 12.1. The molecule has 0 fully saturated rings. The lowest BCUT2D eigenvalue weighted by Crippen LogP contribution is -2.39. The van der Waals surface area contributed by atoms with Crippen molar-refractivity contribution in [2.45, 2.75) is 13.4 Å². The van der Waals surface area contributed by atoms with Gasteiger partial charge in [0.2, 0.25) is 0 Å². The molecule has 2 aromatic heterocycles. The third-order valence-electron chi connectivity index (χ3n) is 2.28. The van der Waals surface area contributed by atoms with E-state index in [2.05, 4.69) is 4.98 Å². The van der Waals surface area contributed by atoms with E-state index in [0.717, 1.165) is 11.5 Å². The number of imidazole rings is 1. The molecule has 0 aliphatic heterocycles. The van der Waals surface area contributed by atoms with E-state index in [1.54, 1.807) is 0 Å². The fourth-order valence-electron chi connectivity index (χ4n) is 1.48. The summed E-state index contributed by atoms with van der Waals surface area (Å²) in [5.74, 6) is 0. The quantitative estimate of drug-likeness (QED) is 0.636. The Bertz CT molecular complexity index is 750. The largest absolute Gasteiger partial charge is 0.332 e. The zero-order valence-corrected chi connectivity index (χ0v) is 8.61. The minimum atomic E-state index is -2.12. The van der Waals surface area contributed by atoms with E-state index >= 15 is 0 Å². The third-order valence-corrected chi connectivity index (χ3v) is 2.28. The highest BCUT2D eigenvalue weighted by Crippen LogP contribution is 2.02. The van der Waals surface area contributed by atoms with Crippen molar-refractivity contribution >= 4 is 11.2 Å². The van der Waals surface area contributed by atoms with Crippen molar-refractivity contribution in [1.82, 2.24) is 18.7 Å². The Labute approximate surface area is 89.6 Å². The van der Waals surface area contributed by atoms with Crippen LogP contribution >= 0.6 is 0 Å². The summed E-state index contributed by atoms with van der Waals surface area (Å²) in [4.78, 5) is 27.9. The van der Waals surface area contributed by atoms with Gasteiger partial charge in [0.25, 0.3) is 5.56 Å². The molecule has 0 saturated carbocycles. The molecule has 2 aromatic rings. The molecule has 0 amide bonds. The van der Waals surface area contributed by atoms with Crippen molar-refractivity contribution in [1.29, 1.82) is 0 Å². The molecule has 2 rings (SSSR count). The number of aromatic nitrogens is 4. The zero-order valence-electron chi connectivity index (χ0n) is 11.6. The second kappa shape index (κ2) is 3.08. The van der Waals surface area contributed by atoms with E-state index in [4.69, 9.17) is 4.11 Å². The summed E-state index contributed by atoms with van der Waals surface area (Å²) < 4.78 is 25.4.